The second-order valence-electron chi connectivity index (χ2n) is 5.58. The Balaban J connectivity index is 1.89. The quantitative estimate of drug-likeness (QED) is 0.383. The van der Waals surface area contributed by atoms with Crippen LogP contribution in [0.4, 0.5) is 5.00 Å². The first-order valence-electron chi connectivity index (χ1n) is 7.93. The summed E-state index contributed by atoms with van der Waals surface area (Å²) in [4.78, 5) is 27.9. The van der Waals surface area contributed by atoms with Crippen LogP contribution in [0.2, 0.25) is 0 Å². The Morgan fingerprint density at radius 3 is 2.69 bits per heavy atom. The summed E-state index contributed by atoms with van der Waals surface area (Å²) in [6.45, 7) is 2.68. The van der Waals surface area contributed by atoms with E-state index in [-0.39, 0.29) is 9.88 Å². The highest BCUT2D eigenvalue weighted by Gasteiger charge is 2.16. The van der Waals surface area contributed by atoms with Crippen molar-refractivity contribution in [1.82, 2.24) is 4.57 Å². The summed E-state index contributed by atoms with van der Waals surface area (Å²) in [7, 11) is 0. The minimum atomic E-state index is -0.501. The number of aryl methyl sites for hydroxylation is 1. The molecule has 2 aromatic heterocycles. The molecule has 0 fully saturated rings. The van der Waals surface area contributed by atoms with E-state index in [1.54, 1.807) is 0 Å². The maximum Gasteiger partial charge on any atom is 0.324 e. The number of fused-ring (bicyclic) bond motifs is 3. The molecule has 0 radical (unpaired) electrons. The van der Waals surface area contributed by atoms with Crippen molar-refractivity contribution in [3.8, 4) is 0 Å². The maximum absolute atomic E-state index is 12.5. The topological polar surface area (TPSA) is 77.5 Å². The number of nitrogens with zero attached hydrogens (tertiary/aromatic N) is 3. The Kier molecular flexibility index (Phi) is 4.14. The zero-order valence-corrected chi connectivity index (χ0v) is 15.3. The lowest BCUT2D eigenvalue weighted by atomic mass is 10.1. The molecule has 8 heteroatoms. The maximum atomic E-state index is 12.5. The molecule has 1 amide bonds. The Labute approximate surface area is 155 Å². The van der Waals surface area contributed by atoms with Gasteiger partial charge in [-0.15, -0.1) is 0 Å². The van der Waals surface area contributed by atoms with E-state index in [1.165, 1.54) is 23.5 Å². The highest BCUT2D eigenvalue weighted by molar-refractivity contribution is 7.18. The monoisotopic (exact) mass is 383 g/mol. The fourth-order valence-electron chi connectivity index (χ4n) is 2.87. The van der Waals surface area contributed by atoms with Crippen LogP contribution in [0.25, 0.3) is 21.0 Å². The molecule has 0 spiro atoms. The molecule has 0 aliphatic heterocycles. The summed E-state index contributed by atoms with van der Waals surface area (Å²) in [6.07, 6.45) is 0. The van der Waals surface area contributed by atoms with Gasteiger partial charge in [-0.1, -0.05) is 53.0 Å². The van der Waals surface area contributed by atoms with Crippen LogP contribution in [0.1, 0.15) is 16.6 Å². The minimum absolute atomic E-state index is 0.0609. The molecule has 130 valence electrons. The average molecular weight is 383 g/mol. The third kappa shape index (κ3) is 2.73. The molecule has 0 N–H and O–H groups in total. The van der Waals surface area contributed by atoms with Gasteiger partial charge in [0, 0.05) is 18.0 Å². The van der Waals surface area contributed by atoms with E-state index < -0.39 is 10.8 Å². The summed E-state index contributed by atoms with van der Waals surface area (Å²) in [5, 5.41) is 13.0. The first kappa shape index (κ1) is 16.6. The Bertz CT molecular complexity index is 1230. The van der Waals surface area contributed by atoms with Crippen LogP contribution >= 0.6 is 22.7 Å². The van der Waals surface area contributed by atoms with Crippen LogP contribution in [0, 0.1) is 10.1 Å². The Morgan fingerprint density at radius 1 is 1.15 bits per heavy atom. The van der Waals surface area contributed by atoms with Gasteiger partial charge in [0.2, 0.25) is 0 Å². The van der Waals surface area contributed by atoms with E-state index in [0.29, 0.717) is 11.3 Å². The van der Waals surface area contributed by atoms with E-state index in [9.17, 15) is 14.9 Å². The number of hydrogen-bond acceptors (Lipinski definition) is 5. The number of aromatic nitrogens is 1. The highest BCUT2D eigenvalue weighted by Crippen LogP contribution is 2.28. The standard InChI is InChI=1S/C18H13N3O3S2/c1-2-20-13-8-7-11-5-3-4-6-12(11)16(13)26-18(20)19-17(22)14-9-10-15(25-14)21(23)24/h3-10H,2H2,1H3. The molecular formula is C18H13N3O3S2. The Hall–Kier alpha value is -2.84. The molecule has 4 aromatic rings. The van der Waals surface area contributed by atoms with Crippen LogP contribution in [0.5, 0.6) is 0 Å². The van der Waals surface area contributed by atoms with Crippen molar-refractivity contribution in [2.75, 3.05) is 0 Å². The predicted octanol–water partition coefficient (Wildman–Crippen LogP) is 4.59. The lowest BCUT2D eigenvalue weighted by Crippen LogP contribution is -2.15. The van der Waals surface area contributed by atoms with Gasteiger partial charge < -0.3 is 4.57 Å². The van der Waals surface area contributed by atoms with E-state index in [2.05, 4.69) is 23.2 Å². The van der Waals surface area contributed by atoms with Crippen molar-refractivity contribution in [3.05, 3.63) is 68.3 Å². The fraction of sp³-hybridized carbons (Fsp3) is 0.111. The molecule has 0 aliphatic rings. The minimum Gasteiger partial charge on any atom is -0.317 e. The molecule has 2 aromatic carbocycles. The summed E-state index contributed by atoms with van der Waals surface area (Å²) in [6, 6.07) is 15.0. The van der Waals surface area contributed by atoms with Crippen molar-refractivity contribution in [2.45, 2.75) is 13.5 Å². The number of carbonyl (C=O) groups excluding carboxylic acids is 1. The van der Waals surface area contributed by atoms with Gasteiger partial charge in [-0.2, -0.15) is 4.99 Å². The van der Waals surface area contributed by atoms with E-state index in [1.807, 2.05) is 29.7 Å². The molecule has 0 bridgehead atoms. The smallest absolute Gasteiger partial charge is 0.317 e. The van der Waals surface area contributed by atoms with Crippen LogP contribution in [0.3, 0.4) is 0 Å². The van der Waals surface area contributed by atoms with Gasteiger partial charge in [0.05, 0.1) is 15.1 Å². The van der Waals surface area contributed by atoms with Crippen molar-refractivity contribution in [1.29, 1.82) is 0 Å². The number of hydrogen-bond donors (Lipinski definition) is 0. The van der Waals surface area contributed by atoms with Gasteiger partial charge >= 0.3 is 5.00 Å². The second-order valence-corrected chi connectivity index (χ2v) is 7.62. The zero-order valence-electron chi connectivity index (χ0n) is 13.7. The first-order chi connectivity index (χ1) is 12.6. The molecule has 0 unspecified atom stereocenters. The van der Waals surface area contributed by atoms with Gasteiger partial charge in [0.25, 0.3) is 5.91 Å². The number of nitro groups is 1. The number of thiophene rings is 1. The Morgan fingerprint density at radius 2 is 1.96 bits per heavy atom. The third-order valence-corrected chi connectivity index (χ3v) is 6.22. The largest absolute Gasteiger partial charge is 0.324 e. The lowest BCUT2D eigenvalue weighted by molar-refractivity contribution is -0.380. The fourth-order valence-corrected chi connectivity index (χ4v) is 4.80. The lowest BCUT2D eigenvalue weighted by Gasteiger charge is -2.02. The molecule has 0 saturated carbocycles. The molecule has 6 nitrogen and oxygen atoms in total. The number of benzene rings is 2. The van der Waals surface area contributed by atoms with E-state index >= 15 is 0 Å². The average Bonchev–Trinajstić information content (AvgIpc) is 3.26. The molecule has 4 rings (SSSR count). The van der Waals surface area contributed by atoms with E-state index in [4.69, 9.17) is 0 Å². The summed E-state index contributed by atoms with van der Waals surface area (Å²) < 4.78 is 3.07. The van der Waals surface area contributed by atoms with Gasteiger partial charge in [-0.3, -0.25) is 14.9 Å². The number of amides is 1. The predicted molar refractivity (Wildman–Crippen MR) is 104 cm³/mol. The van der Waals surface area contributed by atoms with Gasteiger partial charge in [0.15, 0.2) is 4.80 Å². The SMILES string of the molecule is CCn1c(=NC(=O)c2ccc([N+](=O)[O-])s2)sc2c3ccccc3ccc21. The van der Waals surface area contributed by atoms with Gasteiger partial charge in [-0.25, -0.2) is 0 Å². The summed E-state index contributed by atoms with van der Waals surface area (Å²) in [5.41, 5.74) is 1.03. The summed E-state index contributed by atoms with van der Waals surface area (Å²) in [5.74, 6) is -0.457. The highest BCUT2D eigenvalue weighted by atomic mass is 32.1. The van der Waals surface area contributed by atoms with Crippen molar-refractivity contribution >= 4 is 54.6 Å². The molecule has 26 heavy (non-hydrogen) atoms. The van der Waals surface area contributed by atoms with Gasteiger partial charge in [-0.05, 0) is 24.4 Å². The molecule has 0 atom stereocenters. The van der Waals surface area contributed by atoms with E-state index in [0.717, 1.165) is 32.3 Å². The normalized spacial score (nSPS) is 12.1. The van der Waals surface area contributed by atoms with Crippen LogP contribution in [-0.2, 0) is 6.54 Å². The summed E-state index contributed by atoms with van der Waals surface area (Å²) >= 11 is 2.30. The number of rotatable bonds is 3. The van der Waals surface area contributed by atoms with Crippen LogP contribution in [-0.4, -0.2) is 15.4 Å². The van der Waals surface area contributed by atoms with Crippen LogP contribution in [0.15, 0.2) is 53.5 Å². The van der Waals surface area contributed by atoms with Crippen LogP contribution < -0.4 is 4.80 Å². The molecule has 0 saturated heterocycles. The van der Waals surface area contributed by atoms with Gasteiger partial charge in [0.1, 0.15) is 4.88 Å². The molecule has 2 heterocycles. The third-order valence-electron chi connectivity index (χ3n) is 4.07. The van der Waals surface area contributed by atoms with Crippen molar-refractivity contribution in [2.24, 2.45) is 4.99 Å². The first-order valence-corrected chi connectivity index (χ1v) is 9.56. The number of carbonyl (C=O) groups is 1. The second kappa shape index (κ2) is 6.47. The zero-order chi connectivity index (χ0) is 18.3. The number of thiazole rings is 1. The van der Waals surface area contributed by atoms with Crippen molar-refractivity contribution in [3.63, 3.8) is 0 Å². The van der Waals surface area contributed by atoms with Crippen molar-refractivity contribution < 1.29 is 9.72 Å². The molecular weight excluding hydrogens is 370 g/mol. The molecule has 0 aliphatic carbocycles.